The van der Waals surface area contributed by atoms with Gasteiger partial charge >= 0.3 is 0 Å². The number of phenols is 1. The average molecular weight is 226 g/mol. The van der Waals surface area contributed by atoms with Gasteiger partial charge in [0.25, 0.3) is 0 Å². The summed E-state index contributed by atoms with van der Waals surface area (Å²) in [6, 6.07) is 3.67. The molecule has 1 saturated carbocycles. The van der Waals surface area contributed by atoms with Crippen LogP contribution in [0, 0.1) is 6.92 Å². The third-order valence-corrected chi connectivity index (χ3v) is 3.55. The molecule has 1 fully saturated rings. The Bertz CT molecular complexity index is 385. The standard InChI is InChI=1S/C12H16ClNO/c1-8-2-3-10(13)9(11(8)15)4-5-12(14)6-7-12/h2-3,15H,4-7,14H2,1H3. The van der Waals surface area contributed by atoms with Crippen LogP contribution < -0.4 is 5.73 Å². The lowest BCUT2D eigenvalue weighted by atomic mass is 10.0. The summed E-state index contributed by atoms with van der Waals surface area (Å²) in [6.07, 6.45) is 3.86. The minimum Gasteiger partial charge on any atom is -0.507 e. The summed E-state index contributed by atoms with van der Waals surface area (Å²) in [7, 11) is 0. The summed E-state index contributed by atoms with van der Waals surface area (Å²) >= 11 is 6.05. The van der Waals surface area contributed by atoms with Gasteiger partial charge in [-0.25, -0.2) is 0 Å². The van der Waals surface area contributed by atoms with Crippen molar-refractivity contribution in [3.05, 3.63) is 28.3 Å². The molecule has 1 aliphatic rings. The topological polar surface area (TPSA) is 46.2 Å². The smallest absolute Gasteiger partial charge is 0.123 e. The zero-order chi connectivity index (χ0) is 11.1. The fraction of sp³-hybridized carbons (Fsp3) is 0.500. The Morgan fingerprint density at radius 1 is 1.47 bits per heavy atom. The van der Waals surface area contributed by atoms with Gasteiger partial charge in [-0.3, -0.25) is 0 Å². The molecule has 0 radical (unpaired) electrons. The van der Waals surface area contributed by atoms with Gasteiger partial charge in [-0.1, -0.05) is 17.7 Å². The number of benzene rings is 1. The van der Waals surface area contributed by atoms with Crippen molar-refractivity contribution in [1.29, 1.82) is 0 Å². The number of aryl methyl sites for hydroxylation is 1. The minimum atomic E-state index is 0.0134. The monoisotopic (exact) mass is 225 g/mol. The maximum Gasteiger partial charge on any atom is 0.123 e. The van der Waals surface area contributed by atoms with Crippen molar-refractivity contribution < 1.29 is 5.11 Å². The molecule has 0 atom stereocenters. The molecule has 0 spiro atoms. The van der Waals surface area contributed by atoms with Gasteiger partial charge in [-0.2, -0.15) is 0 Å². The molecule has 15 heavy (non-hydrogen) atoms. The van der Waals surface area contributed by atoms with E-state index in [9.17, 15) is 5.11 Å². The lowest BCUT2D eigenvalue weighted by Crippen LogP contribution is -2.22. The molecule has 2 rings (SSSR count). The van der Waals surface area contributed by atoms with E-state index < -0.39 is 0 Å². The number of rotatable bonds is 3. The van der Waals surface area contributed by atoms with Gasteiger partial charge in [0, 0.05) is 16.1 Å². The van der Waals surface area contributed by atoms with Crippen molar-refractivity contribution in [1.82, 2.24) is 0 Å². The summed E-state index contributed by atoms with van der Waals surface area (Å²) in [4.78, 5) is 0. The van der Waals surface area contributed by atoms with Gasteiger partial charge in [0.1, 0.15) is 5.75 Å². The maximum absolute atomic E-state index is 9.87. The SMILES string of the molecule is Cc1ccc(Cl)c(CCC2(N)CC2)c1O. The van der Waals surface area contributed by atoms with Crippen LogP contribution in [0.4, 0.5) is 0 Å². The molecular formula is C12H16ClNO. The highest BCUT2D eigenvalue weighted by Gasteiger charge is 2.37. The van der Waals surface area contributed by atoms with E-state index in [2.05, 4.69) is 0 Å². The molecule has 82 valence electrons. The van der Waals surface area contributed by atoms with Crippen LogP contribution in [-0.2, 0) is 6.42 Å². The maximum atomic E-state index is 9.87. The van der Waals surface area contributed by atoms with Gasteiger partial charge in [0.15, 0.2) is 0 Å². The van der Waals surface area contributed by atoms with Crippen molar-refractivity contribution in [2.24, 2.45) is 5.73 Å². The van der Waals surface area contributed by atoms with Crippen molar-refractivity contribution in [3.63, 3.8) is 0 Å². The highest BCUT2D eigenvalue weighted by atomic mass is 35.5. The largest absolute Gasteiger partial charge is 0.507 e. The highest BCUT2D eigenvalue weighted by Crippen LogP contribution is 2.39. The molecule has 0 aromatic heterocycles. The molecule has 3 heteroatoms. The minimum absolute atomic E-state index is 0.0134. The number of hydrogen-bond donors (Lipinski definition) is 2. The number of aromatic hydroxyl groups is 1. The van der Waals surface area contributed by atoms with Crippen molar-refractivity contribution in [3.8, 4) is 5.75 Å². The average Bonchev–Trinajstić information content (AvgIpc) is 2.91. The van der Waals surface area contributed by atoms with Gasteiger partial charge in [0.2, 0.25) is 0 Å². The Kier molecular flexibility index (Phi) is 2.65. The van der Waals surface area contributed by atoms with Crippen LogP contribution in [0.25, 0.3) is 0 Å². The molecule has 0 saturated heterocycles. The molecule has 1 aliphatic carbocycles. The second kappa shape index (κ2) is 3.69. The predicted molar refractivity (Wildman–Crippen MR) is 62.3 cm³/mol. The second-order valence-electron chi connectivity index (χ2n) is 4.55. The number of halogens is 1. The summed E-state index contributed by atoms with van der Waals surface area (Å²) in [5.41, 5.74) is 7.73. The summed E-state index contributed by atoms with van der Waals surface area (Å²) in [6.45, 7) is 1.88. The van der Waals surface area contributed by atoms with E-state index in [1.807, 2.05) is 19.1 Å². The summed E-state index contributed by atoms with van der Waals surface area (Å²) < 4.78 is 0. The van der Waals surface area contributed by atoms with Crippen LogP contribution in [0.3, 0.4) is 0 Å². The van der Waals surface area contributed by atoms with E-state index in [0.29, 0.717) is 10.8 Å². The van der Waals surface area contributed by atoms with Gasteiger partial charge in [0.05, 0.1) is 0 Å². The molecule has 3 N–H and O–H groups in total. The zero-order valence-electron chi connectivity index (χ0n) is 8.89. The zero-order valence-corrected chi connectivity index (χ0v) is 9.64. The quantitative estimate of drug-likeness (QED) is 0.831. The number of phenolic OH excluding ortho intramolecular Hbond substituents is 1. The van der Waals surface area contributed by atoms with Gasteiger partial charge < -0.3 is 10.8 Å². The van der Waals surface area contributed by atoms with E-state index in [4.69, 9.17) is 17.3 Å². The van der Waals surface area contributed by atoms with Gasteiger partial charge in [-0.05, 0) is 44.2 Å². The van der Waals surface area contributed by atoms with Crippen LogP contribution in [-0.4, -0.2) is 10.6 Å². The molecule has 1 aromatic carbocycles. The predicted octanol–water partition coefficient (Wildman–Crippen LogP) is 2.78. The first-order chi connectivity index (χ1) is 7.02. The molecular weight excluding hydrogens is 210 g/mol. The molecule has 0 aliphatic heterocycles. The Balaban J connectivity index is 2.16. The Morgan fingerprint density at radius 2 is 2.13 bits per heavy atom. The van der Waals surface area contributed by atoms with Crippen LogP contribution in [0.1, 0.15) is 30.4 Å². The van der Waals surface area contributed by atoms with Crippen molar-refractivity contribution in [2.45, 2.75) is 38.1 Å². The molecule has 0 heterocycles. The Morgan fingerprint density at radius 3 is 2.73 bits per heavy atom. The molecule has 0 unspecified atom stereocenters. The molecule has 1 aromatic rings. The lowest BCUT2D eigenvalue weighted by molar-refractivity contribution is 0.460. The summed E-state index contributed by atoms with van der Waals surface area (Å²) in [5.74, 6) is 0.326. The molecule has 0 amide bonds. The molecule has 0 bridgehead atoms. The van der Waals surface area contributed by atoms with Crippen LogP contribution >= 0.6 is 11.6 Å². The van der Waals surface area contributed by atoms with Crippen LogP contribution in [0.5, 0.6) is 5.75 Å². The number of nitrogens with two attached hydrogens (primary N) is 1. The van der Waals surface area contributed by atoms with Crippen LogP contribution in [0.2, 0.25) is 5.02 Å². The number of hydrogen-bond acceptors (Lipinski definition) is 2. The van der Waals surface area contributed by atoms with Gasteiger partial charge in [-0.15, -0.1) is 0 Å². The van der Waals surface area contributed by atoms with Crippen molar-refractivity contribution >= 4 is 11.6 Å². The first kappa shape index (κ1) is 10.8. The third kappa shape index (κ3) is 2.27. The molecule has 2 nitrogen and oxygen atoms in total. The van der Waals surface area contributed by atoms with E-state index in [-0.39, 0.29) is 5.54 Å². The van der Waals surface area contributed by atoms with E-state index >= 15 is 0 Å². The van der Waals surface area contributed by atoms with E-state index in [1.165, 1.54) is 0 Å². The van der Waals surface area contributed by atoms with Crippen LogP contribution in [0.15, 0.2) is 12.1 Å². The summed E-state index contributed by atoms with van der Waals surface area (Å²) in [5, 5.41) is 10.5. The highest BCUT2D eigenvalue weighted by molar-refractivity contribution is 6.31. The first-order valence-electron chi connectivity index (χ1n) is 5.28. The van der Waals surface area contributed by atoms with E-state index in [0.717, 1.165) is 36.8 Å². The fourth-order valence-corrected chi connectivity index (χ4v) is 2.00. The third-order valence-electron chi connectivity index (χ3n) is 3.19. The Labute approximate surface area is 95.1 Å². The Hall–Kier alpha value is -0.730. The second-order valence-corrected chi connectivity index (χ2v) is 4.96. The fourth-order valence-electron chi connectivity index (χ4n) is 1.75. The lowest BCUT2D eigenvalue weighted by Gasteiger charge is -2.12. The van der Waals surface area contributed by atoms with Crippen molar-refractivity contribution in [2.75, 3.05) is 0 Å². The normalized spacial score (nSPS) is 17.8. The first-order valence-corrected chi connectivity index (χ1v) is 5.65. The van der Waals surface area contributed by atoms with E-state index in [1.54, 1.807) is 0 Å².